The number of ketones is 1. The van der Waals surface area contributed by atoms with Gasteiger partial charge in [0.05, 0.1) is 21.0 Å². The first-order valence-corrected chi connectivity index (χ1v) is 12.3. The lowest BCUT2D eigenvalue weighted by Crippen LogP contribution is -2.27. The lowest BCUT2D eigenvalue weighted by atomic mass is 9.96. The van der Waals surface area contributed by atoms with Crippen LogP contribution in [0.25, 0.3) is 0 Å². The Morgan fingerprint density at radius 3 is 1.76 bits per heavy atom. The Bertz CT molecular complexity index is 1150. The predicted octanol–water partition coefficient (Wildman–Crippen LogP) is 2.36. The van der Waals surface area contributed by atoms with Gasteiger partial charge >= 0.3 is 17.9 Å². The number of Topliss-reactive ketones (excluding diaryl/α,β-unsaturated/α-hetero) is 1. The lowest BCUT2D eigenvalue weighted by Gasteiger charge is -2.16. The molecule has 0 aliphatic rings. The van der Waals surface area contributed by atoms with Gasteiger partial charge in [0.25, 0.3) is 11.4 Å². The van der Waals surface area contributed by atoms with Gasteiger partial charge in [0.2, 0.25) is 0 Å². The van der Waals surface area contributed by atoms with Crippen molar-refractivity contribution in [1.29, 1.82) is 0 Å². The maximum atomic E-state index is 11.8. The van der Waals surface area contributed by atoms with E-state index in [0.29, 0.717) is 5.56 Å². The number of aliphatic carboxylic acids is 2. The Morgan fingerprint density at radius 2 is 1.43 bits per heavy atom. The van der Waals surface area contributed by atoms with Crippen LogP contribution in [0.1, 0.15) is 62.9 Å². The van der Waals surface area contributed by atoms with Crippen LogP contribution in [0.15, 0.2) is 12.1 Å². The number of ether oxygens (including phenoxy) is 1. The third-order valence-corrected chi connectivity index (χ3v) is 5.83. The van der Waals surface area contributed by atoms with E-state index in [9.17, 15) is 47.8 Å². The zero-order valence-corrected chi connectivity index (χ0v) is 21.6. The van der Waals surface area contributed by atoms with E-state index in [1.807, 2.05) is 0 Å². The van der Waals surface area contributed by atoms with E-state index >= 15 is 0 Å². The Balaban J connectivity index is 0.000000730. The van der Waals surface area contributed by atoms with E-state index in [1.165, 1.54) is 0 Å². The maximum absolute atomic E-state index is 11.8. The highest BCUT2D eigenvalue weighted by atomic mass is 32.2. The van der Waals surface area contributed by atoms with Crippen LogP contribution in [0.3, 0.4) is 0 Å². The van der Waals surface area contributed by atoms with Crippen molar-refractivity contribution in [3.05, 3.63) is 43.5 Å². The molecule has 1 rings (SSSR count). The van der Waals surface area contributed by atoms with E-state index < -0.39 is 83.7 Å². The molecule has 1 aromatic rings. The highest BCUT2D eigenvalue weighted by Gasteiger charge is 2.33. The summed E-state index contributed by atoms with van der Waals surface area (Å²) in [6, 6.07) is 2.12. The van der Waals surface area contributed by atoms with Crippen LogP contribution in [-0.4, -0.2) is 70.3 Å². The molecule has 16 heteroatoms. The normalized spacial score (nSPS) is 11.2. The summed E-state index contributed by atoms with van der Waals surface area (Å²) < 4.78 is 26.9. The number of benzene rings is 1. The van der Waals surface area contributed by atoms with Crippen molar-refractivity contribution < 1.29 is 52.4 Å². The van der Waals surface area contributed by atoms with Crippen LogP contribution in [0.4, 0.5) is 11.4 Å². The van der Waals surface area contributed by atoms with E-state index in [4.69, 9.17) is 14.9 Å². The molecule has 0 heterocycles. The van der Waals surface area contributed by atoms with Gasteiger partial charge in [-0.25, -0.2) is 8.42 Å². The van der Waals surface area contributed by atoms with Crippen molar-refractivity contribution in [2.75, 3.05) is 18.1 Å². The maximum Gasteiger partial charge on any atom is 0.318 e. The number of hydrogen-bond donors (Lipinski definition) is 2. The summed E-state index contributed by atoms with van der Waals surface area (Å²) in [7, 11) is -3.70. The Kier molecular flexibility index (Phi) is 12.0. The van der Waals surface area contributed by atoms with Crippen molar-refractivity contribution in [2.24, 2.45) is 5.41 Å². The number of carboxylic acids is 2. The molecule has 0 saturated heterocycles. The number of nitro benzene ring substituents is 2. The summed E-state index contributed by atoms with van der Waals surface area (Å²) in [5, 5.41) is 39.0. The molecule has 206 valence electrons. The lowest BCUT2D eigenvalue weighted by molar-refractivity contribution is -0.394. The minimum absolute atomic E-state index is 0.231. The van der Waals surface area contributed by atoms with Crippen LogP contribution >= 0.6 is 0 Å². The number of nitrogens with zero attached hydrogens (tertiary/aromatic N) is 2. The van der Waals surface area contributed by atoms with E-state index in [-0.39, 0.29) is 12.5 Å². The standard InChI is InChI=1S/C12H12N2O7.C9H16O6S/c1-6(2)7-3-8(13(18)19)12(9(4-7)14(20)21)10(15)5-11(16)17;1-9(2,3)8(12)15-4-5-16(13,14)6-7(10)11/h3-4,6H,5H2,1-2H3,(H,16,17);4-6H2,1-3H3,(H,10,11). The summed E-state index contributed by atoms with van der Waals surface area (Å²) in [4.78, 5) is 64.0. The molecule has 0 aliphatic heterocycles. The number of carboxylic acid groups (broad SMARTS) is 2. The van der Waals surface area contributed by atoms with Gasteiger partial charge in [-0.1, -0.05) is 13.8 Å². The quantitative estimate of drug-likeness (QED) is 0.133. The van der Waals surface area contributed by atoms with Crippen molar-refractivity contribution in [1.82, 2.24) is 0 Å². The summed E-state index contributed by atoms with van der Waals surface area (Å²) in [5.41, 5.74) is -2.66. The smallest absolute Gasteiger partial charge is 0.318 e. The second-order valence-corrected chi connectivity index (χ2v) is 11.2. The molecule has 2 N–H and O–H groups in total. The molecule has 0 bridgehead atoms. The Hall–Kier alpha value is -3.95. The van der Waals surface area contributed by atoms with Gasteiger partial charge in [0.1, 0.15) is 18.8 Å². The minimum atomic E-state index is -3.70. The molecule has 0 spiro atoms. The highest BCUT2D eigenvalue weighted by Crippen LogP contribution is 2.34. The number of carbonyl (C=O) groups is 4. The first-order chi connectivity index (χ1) is 16.7. The molecule has 15 nitrogen and oxygen atoms in total. The minimum Gasteiger partial charge on any atom is -0.481 e. The highest BCUT2D eigenvalue weighted by molar-refractivity contribution is 7.92. The molecule has 0 aromatic heterocycles. The van der Waals surface area contributed by atoms with E-state index in [2.05, 4.69) is 0 Å². The monoisotopic (exact) mass is 548 g/mol. The van der Waals surface area contributed by atoms with Gasteiger partial charge in [-0.3, -0.25) is 39.4 Å². The van der Waals surface area contributed by atoms with Crippen molar-refractivity contribution in [3.63, 3.8) is 0 Å². The SMILES string of the molecule is CC(C)(C)C(=O)OCCS(=O)(=O)CC(=O)O.CC(C)c1cc([N+](=O)[O-])c(C(=O)CC(=O)O)c([N+](=O)[O-])c1. The third-order valence-electron chi connectivity index (χ3n) is 4.35. The van der Waals surface area contributed by atoms with Gasteiger partial charge in [-0.2, -0.15) is 0 Å². The van der Waals surface area contributed by atoms with Crippen molar-refractivity contribution in [3.8, 4) is 0 Å². The van der Waals surface area contributed by atoms with E-state index in [1.54, 1.807) is 34.6 Å². The first-order valence-electron chi connectivity index (χ1n) is 10.5. The third kappa shape index (κ3) is 11.6. The van der Waals surface area contributed by atoms with Crippen LogP contribution < -0.4 is 0 Å². The van der Waals surface area contributed by atoms with Gasteiger partial charge in [-0.15, -0.1) is 0 Å². The summed E-state index contributed by atoms with van der Waals surface area (Å²) in [5.74, 6) is -6.26. The van der Waals surface area contributed by atoms with Crippen LogP contribution in [0.5, 0.6) is 0 Å². The van der Waals surface area contributed by atoms with Gasteiger partial charge in [0, 0.05) is 12.1 Å². The van der Waals surface area contributed by atoms with Crippen LogP contribution in [0.2, 0.25) is 0 Å². The second kappa shape index (κ2) is 13.4. The second-order valence-electron chi connectivity index (χ2n) is 8.97. The Morgan fingerprint density at radius 1 is 0.973 bits per heavy atom. The number of nitro groups is 2. The molecule has 0 aliphatic carbocycles. The van der Waals surface area contributed by atoms with Crippen molar-refractivity contribution in [2.45, 2.75) is 47.0 Å². The molecule has 37 heavy (non-hydrogen) atoms. The molecule has 1 aromatic carbocycles. The van der Waals surface area contributed by atoms with Crippen LogP contribution in [-0.2, 0) is 29.0 Å². The molecule has 0 radical (unpaired) electrons. The molecule has 0 atom stereocenters. The summed E-state index contributed by atoms with van der Waals surface area (Å²) >= 11 is 0. The molecular formula is C21H28N2O13S. The first kappa shape index (κ1) is 33.0. The number of hydrogen-bond acceptors (Lipinski definition) is 11. The fourth-order valence-electron chi connectivity index (χ4n) is 2.50. The zero-order valence-electron chi connectivity index (χ0n) is 20.7. The van der Waals surface area contributed by atoms with Gasteiger partial charge in [0.15, 0.2) is 21.2 Å². The predicted molar refractivity (Wildman–Crippen MR) is 127 cm³/mol. The number of sulfone groups is 1. The average molecular weight is 549 g/mol. The average Bonchev–Trinajstić information content (AvgIpc) is 2.70. The molecule has 0 fully saturated rings. The van der Waals surface area contributed by atoms with Gasteiger partial charge in [-0.05, 0) is 32.3 Å². The van der Waals surface area contributed by atoms with E-state index in [0.717, 1.165) is 12.1 Å². The van der Waals surface area contributed by atoms with Gasteiger partial charge < -0.3 is 14.9 Å². The molecule has 0 saturated carbocycles. The molecular weight excluding hydrogens is 520 g/mol. The molecule has 0 amide bonds. The summed E-state index contributed by atoms with van der Waals surface area (Å²) in [6.45, 7) is 7.97. The number of esters is 1. The zero-order chi connectivity index (χ0) is 29.3. The number of carbonyl (C=O) groups excluding carboxylic acids is 2. The molecule has 0 unspecified atom stereocenters. The topological polar surface area (TPSA) is 238 Å². The van der Waals surface area contributed by atoms with Crippen LogP contribution in [0, 0.1) is 25.6 Å². The van der Waals surface area contributed by atoms with Crippen molar-refractivity contribution >= 4 is 44.9 Å². The number of rotatable bonds is 11. The Labute approximate surface area is 211 Å². The fourth-order valence-corrected chi connectivity index (χ4v) is 3.36. The largest absolute Gasteiger partial charge is 0.481 e. The fraction of sp³-hybridized carbons (Fsp3) is 0.524. The summed E-state index contributed by atoms with van der Waals surface area (Å²) in [6.07, 6.45) is -1.05.